The molecule has 0 saturated carbocycles. The molecule has 2 rings (SSSR count). The molecule has 0 aliphatic rings. The summed E-state index contributed by atoms with van der Waals surface area (Å²) in [6.07, 6.45) is 1.86. The van der Waals surface area contributed by atoms with Gasteiger partial charge in [-0.2, -0.15) is 0 Å². The maximum Gasteiger partial charge on any atom is 0.248 e. The number of halogens is 1. The number of rotatable bonds is 8. The van der Waals surface area contributed by atoms with Crippen molar-refractivity contribution in [1.82, 2.24) is 15.5 Å². The lowest BCUT2D eigenvalue weighted by Gasteiger charge is -2.12. The van der Waals surface area contributed by atoms with Crippen LogP contribution in [0.4, 0.5) is 0 Å². The van der Waals surface area contributed by atoms with Crippen LogP contribution in [0.2, 0.25) is 0 Å². The minimum Gasteiger partial charge on any atom is -0.419 e. The van der Waals surface area contributed by atoms with E-state index in [4.69, 9.17) is 9.52 Å². The zero-order chi connectivity index (χ0) is 15.1. The van der Waals surface area contributed by atoms with Crippen molar-refractivity contribution in [3.63, 3.8) is 0 Å². The molecule has 21 heavy (non-hydrogen) atoms. The molecule has 1 aromatic heterocycles. The van der Waals surface area contributed by atoms with Gasteiger partial charge in [0.1, 0.15) is 0 Å². The van der Waals surface area contributed by atoms with Crippen LogP contribution in [0.1, 0.15) is 25.7 Å². The Balaban J connectivity index is 1.90. The smallest absolute Gasteiger partial charge is 0.248 e. The standard InChI is InChI=1S/C15H20BrN3O2/c1-2-11(7-8-20)9-17-10-14-18-19-15(21-14)12-5-3-4-6-13(12)16/h3-6,11,17,20H,2,7-10H2,1H3. The summed E-state index contributed by atoms with van der Waals surface area (Å²) < 4.78 is 6.59. The molecule has 2 N–H and O–H groups in total. The molecule has 1 unspecified atom stereocenters. The average molecular weight is 354 g/mol. The number of hydrogen-bond donors (Lipinski definition) is 2. The van der Waals surface area contributed by atoms with Crippen LogP contribution in [0.15, 0.2) is 33.2 Å². The molecule has 5 nitrogen and oxygen atoms in total. The maximum atomic E-state index is 8.97. The highest BCUT2D eigenvalue weighted by molar-refractivity contribution is 9.10. The molecule has 1 atom stereocenters. The van der Waals surface area contributed by atoms with Gasteiger partial charge in [0.2, 0.25) is 11.8 Å². The number of aliphatic hydroxyl groups excluding tert-OH is 1. The lowest BCUT2D eigenvalue weighted by atomic mass is 10.0. The van der Waals surface area contributed by atoms with Crippen molar-refractivity contribution in [2.24, 2.45) is 5.92 Å². The quantitative estimate of drug-likeness (QED) is 0.763. The normalized spacial score (nSPS) is 12.5. The molecule has 0 fully saturated rings. The number of benzene rings is 1. The lowest BCUT2D eigenvalue weighted by molar-refractivity contribution is 0.250. The molecule has 0 aliphatic carbocycles. The third-order valence-corrected chi connectivity index (χ3v) is 4.09. The van der Waals surface area contributed by atoms with E-state index in [-0.39, 0.29) is 6.61 Å². The Morgan fingerprint density at radius 2 is 2.14 bits per heavy atom. The third-order valence-electron chi connectivity index (χ3n) is 3.40. The summed E-state index contributed by atoms with van der Waals surface area (Å²) in [4.78, 5) is 0. The predicted octanol–water partition coefficient (Wildman–Crippen LogP) is 3.00. The molecular formula is C15H20BrN3O2. The summed E-state index contributed by atoms with van der Waals surface area (Å²) in [6.45, 7) is 3.73. The first-order valence-electron chi connectivity index (χ1n) is 7.13. The molecular weight excluding hydrogens is 334 g/mol. The highest BCUT2D eigenvalue weighted by Gasteiger charge is 2.11. The SMILES string of the molecule is CCC(CCO)CNCc1nnc(-c2ccccc2Br)o1. The summed E-state index contributed by atoms with van der Waals surface area (Å²) in [5, 5.41) is 20.4. The Morgan fingerprint density at radius 3 is 2.86 bits per heavy atom. The van der Waals surface area contributed by atoms with Crippen LogP contribution in [-0.4, -0.2) is 28.5 Å². The molecule has 0 radical (unpaired) electrons. The molecule has 0 bridgehead atoms. The first-order chi connectivity index (χ1) is 10.2. The number of nitrogens with zero attached hydrogens (tertiary/aromatic N) is 2. The molecule has 6 heteroatoms. The van der Waals surface area contributed by atoms with Crippen molar-refractivity contribution in [2.45, 2.75) is 26.3 Å². The van der Waals surface area contributed by atoms with Crippen LogP contribution in [0.5, 0.6) is 0 Å². The van der Waals surface area contributed by atoms with Gasteiger partial charge >= 0.3 is 0 Å². The summed E-state index contributed by atoms with van der Waals surface area (Å²) >= 11 is 3.47. The molecule has 0 amide bonds. The molecule has 1 heterocycles. The van der Waals surface area contributed by atoms with Crippen molar-refractivity contribution < 1.29 is 9.52 Å². The fourth-order valence-corrected chi connectivity index (χ4v) is 2.54. The number of aromatic nitrogens is 2. The van der Waals surface area contributed by atoms with E-state index in [1.807, 2.05) is 24.3 Å². The summed E-state index contributed by atoms with van der Waals surface area (Å²) in [7, 11) is 0. The Kier molecular flexibility index (Phi) is 6.35. The molecule has 0 spiro atoms. The predicted molar refractivity (Wildman–Crippen MR) is 84.6 cm³/mol. The minimum absolute atomic E-state index is 0.229. The highest BCUT2D eigenvalue weighted by atomic mass is 79.9. The molecule has 114 valence electrons. The van der Waals surface area contributed by atoms with Crippen LogP contribution < -0.4 is 5.32 Å². The van der Waals surface area contributed by atoms with Gasteiger partial charge in [-0.25, -0.2) is 0 Å². The van der Waals surface area contributed by atoms with E-state index in [0.29, 0.717) is 24.2 Å². The van der Waals surface area contributed by atoms with Crippen LogP contribution in [0, 0.1) is 5.92 Å². The van der Waals surface area contributed by atoms with E-state index in [1.165, 1.54) is 0 Å². The minimum atomic E-state index is 0.229. The van der Waals surface area contributed by atoms with E-state index in [0.717, 1.165) is 29.4 Å². The Bertz CT molecular complexity index is 559. The molecule has 2 aromatic rings. The van der Waals surface area contributed by atoms with E-state index in [1.54, 1.807) is 0 Å². The Labute approximate surface area is 132 Å². The van der Waals surface area contributed by atoms with Crippen molar-refractivity contribution in [2.75, 3.05) is 13.2 Å². The van der Waals surface area contributed by atoms with Crippen LogP contribution in [0.3, 0.4) is 0 Å². The van der Waals surface area contributed by atoms with Gasteiger partial charge in [-0.05, 0) is 46.9 Å². The average Bonchev–Trinajstić information content (AvgIpc) is 2.95. The first-order valence-corrected chi connectivity index (χ1v) is 7.92. The summed E-state index contributed by atoms with van der Waals surface area (Å²) in [5.41, 5.74) is 0.892. The third kappa shape index (κ3) is 4.62. The van der Waals surface area contributed by atoms with Crippen LogP contribution >= 0.6 is 15.9 Å². The van der Waals surface area contributed by atoms with E-state index in [2.05, 4.69) is 38.4 Å². The Morgan fingerprint density at radius 1 is 1.33 bits per heavy atom. The van der Waals surface area contributed by atoms with Gasteiger partial charge in [0.25, 0.3) is 0 Å². The summed E-state index contributed by atoms with van der Waals surface area (Å²) in [5.74, 6) is 1.56. The Hall–Kier alpha value is -1.24. The zero-order valence-electron chi connectivity index (χ0n) is 12.1. The van der Waals surface area contributed by atoms with E-state index >= 15 is 0 Å². The van der Waals surface area contributed by atoms with E-state index in [9.17, 15) is 0 Å². The maximum absolute atomic E-state index is 8.97. The van der Waals surface area contributed by atoms with Crippen molar-refractivity contribution >= 4 is 15.9 Å². The van der Waals surface area contributed by atoms with Gasteiger partial charge in [-0.1, -0.05) is 25.5 Å². The molecule has 0 saturated heterocycles. The van der Waals surface area contributed by atoms with Crippen molar-refractivity contribution in [1.29, 1.82) is 0 Å². The second-order valence-electron chi connectivity index (χ2n) is 4.90. The second-order valence-corrected chi connectivity index (χ2v) is 5.75. The van der Waals surface area contributed by atoms with Crippen LogP contribution in [0.25, 0.3) is 11.5 Å². The van der Waals surface area contributed by atoms with Crippen molar-refractivity contribution in [3.8, 4) is 11.5 Å². The van der Waals surface area contributed by atoms with E-state index < -0.39 is 0 Å². The van der Waals surface area contributed by atoms with Crippen LogP contribution in [-0.2, 0) is 6.54 Å². The fourth-order valence-electron chi connectivity index (χ4n) is 2.08. The fraction of sp³-hybridized carbons (Fsp3) is 0.467. The second kappa shape index (κ2) is 8.26. The number of nitrogens with one attached hydrogen (secondary N) is 1. The largest absolute Gasteiger partial charge is 0.419 e. The number of aliphatic hydroxyl groups is 1. The highest BCUT2D eigenvalue weighted by Crippen LogP contribution is 2.26. The van der Waals surface area contributed by atoms with Gasteiger partial charge in [0.05, 0.1) is 12.1 Å². The van der Waals surface area contributed by atoms with Gasteiger partial charge in [0, 0.05) is 11.1 Å². The first kappa shape index (κ1) is 16.1. The lowest BCUT2D eigenvalue weighted by Crippen LogP contribution is -2.23. The van der Waals surface area contributed by atoms with Gasteiger partial charge in [0.15, 0.2) is 0 Å². The molecule has 0 aliphatic heterocycles. The molecule has 1 aromatic carbocycles. The topological polar surface area (TPSA) is 71.2 Å². The van der Waals surface area contributed by atoms with Crippen molar-refractivity contribution in [3.05, 3.63) is 34.6 Å². The van der Waals surface area contributed by atoms with Gasteiger partial charge in [-0.3, -0.25) is 0 Å². The number of hydrogen-bond acceptors (Lipinski definition) is 5. The monoisotopic (exact) mass is 353 g/mol. The van der Waals surface area contributed by atoms with Gasteiger partial charge < -0.3 is 14.8 Å². The zero-order valence-corrected chi connectivity index (χ0v) is 13.6. The summed E-state index contributed by atoms with van der Waals surface area (Å²) in [6, 6.07) is 7.75. The van der Waals surface area contributed by atoms with Gasteiger partial charge in [-0.15, -0.1) is 10.2 Å².